The van der Waals surface area contributed by atoms with Gasteiger partial charge in [0.1, 0.15) is 15.9 Å². The maximum absolute atomic E-state index is 12.0. The molecular weight excluding hydrogens is 317 g/mol. The van der Waals surface area contributed by atoms with Crippen LogP contribution in [0.4, 0.5) is 0 Å². The van der Waals surface area contributed by atoms with Gasteiger partial charge in [0.15, 0.2) is 0 Å². The number of carbonyl (C=O) groups excluding carboxylic acids is 1. The molecule has 3 aromatic carbocycles. The third kappa shape index (κ3) is 3.38. The predicted octanol–water partition coefficient (Wildman–Crippen LogP) is 3.62. The Morgan fingerprint density at radius 2 is 0.958 bits per heavy atom. The lowest BCUT2D eigenvalue weighted by atomic mass is 10.4. The molecule has 0 aliphatic rings. The van der Waals surface area contributed by atoms with Crippen LogP contribution in [-0.2, 0) is 9.32 Å². The summed E-state index contributed by atoms with van der Waals surface area (Å²) in [5.74, 6) is -0.269. The second-order valence-electron chi connectivity index (χ2n) is 5.20. The highest BCUT2D eigenvalue weighted by Gasteiger charge is 2.50. The van der Waals surface area contributed by atoms with Crippen molar-refractivity contribution >= 4 is 29.4 Å². The molecule has 4 heteroatoms. The van der Waals surface area contributed by atoms with Crippen molar-refractivity contribution in [3.8, 4) is 0 Å². The summed E-state index contributed by atoms with van der Waals surface area (Å²) in [5, 5.41) is 3.10. The van der Waals surface area contributed by atoms with Crippen LogP contribution in [0.3, 0.4) is 0 Å². The highest BCUT2D eigenvalue weighted by atomic mass is 31.2. The van der Waals surface area contributed by atoms with Gasteiger partial charge in [0, 0.05) is 6.92 Å². The monoisotopic (exact) mass is 338 g/mol. The minimum atomic E-state index is -2.46. The fourth-order valence-corrected chi connectivity index (χ4v) is 6.08. The lowest BCUT2D eigenvalue weighted by molar-refractivity contribution is -0.131. The Kier molecular flexibility index (Phi) is 5.86. The molecule has 122 valence electrons. The standard InChI is InChI=1S/C20H18O2P.H3N/c1-17(21)22-23(18-11-5-2-6-12-18,19-13-7-3-8-14-19)20-15-9-4-10-16-20;/h2-16H,1H3;1H3/q+1;. The molecule has 0 heterocycles. The summed E-state index contributed by atoms with van der Waals surface area (Å²) in [6.07, 6.45) is 0. The molecule has 3 nitrogen and oxygen atoms in total. The number of hydrogen-bond acceptors (Lipinski definition) is 3. The van der Waals surface area contributed by atoms with Gasteiger partial charge >= 0.3 is 5.97 Å². The molecule has 3 rings (SSSR count). The summed E-state index contributed by atoms with van der Waals surface area (Å²) in [6, 6.07) is 30.1. The van der Waals surface area contributed by atoms with E-state index in [9.17, 15) is 4.79 Å². The topological polar surface area (TPSA) is 61.3 Å². The molecule has 0 radical (unpaired) electrons. The number of rotatable bonds is 4. The van der Waals surface area contributed by atoms with E-state index in [1.54, 1.807) is 0 Å². The molecule has 0 atom stereocenters. The van der Waals surface area contributed by atoms with Crippen LogP contribution in [0, 0.1) is 0 Å². The van der Waals surface area contributed by atoms with Gasteiger partial charge in [0.05, 0.1) is 0 Å². The molecule has 0 aliphatic heterocycles. The first-order valence-electron chi connectivity index (χ1n) is 7.49. The van der Waals surface area contributed by atoms with Crippen molar-refractivity contribution in [2.45, 2.75) is 6.92 Å². The van der Waals surface area contributed by atoms with E-state index >= 15 is 0 Å². The van der Waals surface area contributed by atoms with Crippen molar-refractivity contribution in [2.75, 3.05) is 0 Å². The largest absolute Gasteiger partial charge is 0.348 e. The summed E-state index contributed by atoms with van der Waals surface area (Å²) >= 11 is 0. The molecule has 0 aromatic heterocycles. The van der Waals surface area contributed by atoms with E-state index in [-0.39, 0.29) is 12.1 Å². The Morgan fingerprint density at radius 3 is 1.21 bits per heavy atom. The smallest absolute Gasteiger partial charge is 0.344 e. The van der Waals surface area contributed by atoms with Crippen LogP contribution in [0.15, 0.2) is 91.0 Å². The van der Waals surface area contributed by atoms with Gasteiger partial charge < -0.3 is 6.15 Å². The fourth-order valence-electron chi connectivity index (χ4n) is 2.71. The SMILES string of the molecule is CC(=O)O[P+](c1ccccc1)(c1ccccc1)c1ccccc1.N. The summed E-state index contributed by atoms with van der Waals surface area (Å²) in [5.41, 5.74) is 0. The predicted molar refractivity (Wildman–Crippen MR) is 102 cm³/mol. The van der Waals surface area contributed by atoms with Crippen molar-refractivity contribution in [1.29, 1.82) is 0 Å². The number of hydrogen-bond donors (Lipinski definition) is 1. The summed E-state index contributed by atoms with van der Waals surface area (Å²) in [4.78, 5) is 12.0. The molecule has 24 heavy (non-hydrogen) atoms. The summed E-state index contributed by atoms with van der Waals surface area (Å²) in [7, 11) is -2.46. The van der Waals surface area contributed by atoms with Crippen molar-refractivity contribution in [2.24, 2.45) is 0 Å². The lowest BCUT2D eigenvalue weighted by Gasteiger charge is -2.24. The first-order chi connectivity index (χ1) is 11.2. The number of carbonyl (C=O) groups is 1. The average Bonchev–Trinajstić information content (AvgIpc) is 2.62. The molecule has 3 aromatic rings. The Morgan fingerprint density at radius 1 is 0.667 bits per heavy atom. The van der Waals surface area contributed by atoms with E-state index in [0.717, 1.165) is 15.9 Å². The Bertz CT molecular complexity index is 680. The summed E-state index contributed by atoms with van der Waals surface area (Å²) < 4.78 is 6.07. The first kappa shape index (κ1) is 17.9. The summed E-state index contributed by atoms with van der Waals surface area (Å²) in [6.45, 7) is 1.48. The minimum absolute atomic E-state index is 0. The van der Waals surface area contributed by atoms with E-state index in [4.69, 9.17) is 4.52 Å². The van der Waals surface area contributed by atoms with Crippen molar-refractivity contribution in [3.63, 3.8) is 0 Å². The maximum Gasteiger partial charge on any atom is 0.348 e. The van der Waals surface area contributed by atoms with E-state index in [1.165, 1.54) is 6.92 Å². The maximum atomic E-state index is 12.0. The average molecular weight is 338 g/mol. The molecule has 0 spiro atoms. The van der Waals surface area contributed by atoms with Crippen LogP contribution in [0.1, 0.15) is 6.92 Å². The number of benzene rings is 3. The Labute approximate surface area is 143 Å². The van der Waals surface area contributed by atoms with Crippen LogP contribution >= 0.6 is 7.49 Å². The quantitative estimate of drug-likeness (QED) is 0.739. The van der Waals surface area contributed by atoms with Crippen LogP contribution in [0.2, 0.25) is 0 Å². The molecule has 0 bridgehead atoms. The highest BCUT2D eigenvalue weighted by Crippen LogP contribution is 2.56. The minimum Gasteiger partial charge on any atom is -0.344 e. The highest BCUT2D eigenvalue weighted by molar-refractivity contribution is 7.92. The van der Waals surface area contributed by atoms with E-state index in [1.807, 2.05) is 91.0 Å². The molecule has 0 unspecified atom stereocenters. The molecule has 0 saturated carbocycles. The Hall–Kier alpha value is -2.48. The third-order valence-electron chi connectivity index (χ3n) is 3.62. The Balaban J connectivity index is 0.00000208. The fraction of sp³-hybridized carbons (Fsp3) is 0.0500. The van der Waals surface area contributed by atoms with Crippen molar-refractivity contribution in [3.05, 3.63) is 91.0 Å². The molecular formula is C20H21NO2P+. The molecule has 0 amide bonds. The third-order valence-corrected chi connectivity index (χ3v) is 7.23. The zero-order chi connectivity index (χ0) is 16.1. The molecule has 3 N–H and O–H groups in total. The molecule has 0 saturated heterocycles. The van der Waals surface area contributed by atoms with Crippen LogP contribution in [0.5, 0.6) is 0 Å². The van der Waals surface area contributed by atoms with Crippen LogP contribution < -0.4 is 22.1 Å². The van der Waals surface area contributed by atoms with Gasteiger partial charge in [-0.25, -0.2) is 4.79 Å². The van der Waals surface area contributed by atoms with Gasteiger partial charge in [-0.2, -0.15) is 0 Å². The first-order valence-corrected chi connectivity index (χ1v) is 9.20. The zero-order valence-electron chi connectivity index (χ0n) is 13.6. The van der Waals surface area contributed by atoms with Gasteiger partial charge in [0.25, 0.3) is 7.49 Å². The van der Waals surface area contributed by atoms with Crippen LogP contribution in [-0.4, -0.2) is 5.97 Å². The van der Waals surface area contributed by atoms with Crippen molar-refractivity contribution in [1.82, 2.24) is 6.15 Å². The lowest BCUT2D eigenvalue weighted by Crippen LogP contribution is -2.33. The van der Waals surface area contributed by atoms with Crippen molar-refractivity contribution < 1.29 is 9.32 Å². The van der Waals surface area contributed by atoms with Gasteiger partial charge in [-0.15, -0.1) is 0 Å². The van der Waals surface area contributed by atoms with Gasteiger partial charge in [-0.3, -0.25) is 4.52 Å². The van der Waals surface area contributed by atoms with E-state index in [2.05, 4.69) is 0 Å². The van der Waals surface area contributed by atoms with E-state index in [0.29, 0.717) is 0 Å². The second-order valence-corrected chi connectivity index (χ2v) is 8.15. The van der Waals surface area contributed by atoms with Crippen LogP contribution in [0.25, 0.3) is 0 Å². The zero-order valence-corrected chi connectivity index (χ0v) is 14.5. The normalized spacial score (nSPS) is 10.5. The van der Waals surface area contributed by atoms with Gasteiger partial charge in [-0.05, 0) is 36.4 Å². The van der Waals surface area contributed by atoms with Gasteiger partial charge in [0.2, 0.25) is 0 Å². The molecule has 0 fully saturated rings. The molecule has 0 aliphatic carbocycles. The van der Waals surface area contributed by atoms with E-state index < -0.39 is 7.49 Å². The van der Waals surface area contributed by atoms with Gasteiger partial charge in [-0.1, -0.05) is 54.6 Å². The second kappa shape index (κ2) is 7.87.